The molecule has 0 radical (unpaired) electrons. The van der Waals surface area contributed by atoms with Gasteiger partial charge in [-0.2, -0.15) is 38.1 Å². The molecular formula is C21H17F6N5O2S. The zero-order chi connectivity index (χ0) is 25.2. The van der Waals surface area contributed by atoms with Crippen molar-refractivity contribution >= 4 is 23.6 Å². The highest BCUT2D eigenvalue weighted by Crippen LogP contribution is 2.31. The van der Waals surface area contributed by atoms with Gasteiger partial charge in [0.1, 0.15) is 11.5 Å². The zero-order valence-electron chi connectivity index (χ0n) is 17.8. The number of anilines is 1. The van der Waals surface area contributed by atoms with Gasteiger partial charge in [0.2, 0.25) is 5.89 Å². The summed E-state index contributed by atoms with van der Waals surface area (Å²) in [6, 6.07) is 8.67. The summed E-state index contributed by atoms with van der Waals surface area (Å²) in [4.78, 5) is 19.6. The van der Waals surface area contributed by atoms with Crippen molar-refractivity contribution in [3.63, 3.8) is 0 Å². The van der Waals surface area contributed by atoms with Crippen molar-refractivity contribution in [2.45, 2.75) is 18.9 Å². The molecule has 0 atom stereocenters. The number of carbonyl (C=O) groups is 1. The minimum Gasteiger partial charge on any atom is -0.413 e. The van der Waals surface area contributed by atoms with Crippen molar-refractivity contribution in [3.8, 4) is 11.5 Å². The van der Waals surface area contributed by atoms with E-state index in [0.717, 1.165) is 11.0 Å². The summed E-state index contributed by atoms with van der Waals surface area (Å²) in [6.45, 7) is 0.766. The predicted molar refractivity (Wildman–Crippen MR) is 114 cm³/mol. The number of urea groups is 1. The molecule has 0 bridgehead atoms. The maximum absolute atomic E-state index is 13.2. The van der Waals surface area contributed by atoms with Crippen molar-refractivity contribution in [2.75, 3.05) is 29.5 Å². The molecule has 35 heavy (non-hydrogen) atoms. The van der Waals surface area contributed by atoms with Crippen molar-refractivity contribution in [1.82, 2.24) is 20.1 Å². The lowest BCUT2D eigenvalue weighted by Gasteiger charge is -2.32. The first-order chi connectivity index (χ1) is 16.5. The average Bonchev–Trinajstić information content (AvgIpc) is 3.34. The molecule has 2 aromatic heterocycles. The quantitative estimate of drug-likeness (QED) is 0.435. The highest BCUT2D eigenvalue weighted by molar-refractivity contribution is 7.99. The van der Waals surface area contributed by atoms with E-state index in [1.54, 1.807) is 16.7 Å². The highest BCUT2D eigenvalue weighted by atomic mass is 32.2. The summed E-state index contributed by atoms with van der Waals surface area (Å²) < 4.78 is 82.4. The number of nitrogens with zero attached hydrogens (tertiary/aromatic N) is 5. The van der Waals surface area contributed by atoms with Gasteiger partial charge in [0.15, 0.2) is 0 Å². The van der Waals surface area contributed by atoms with Gasteiger partial charge in [0.05, 0.1) is 6.54 Å². The Bertz CT molecular complexity index is 1180. The molecule has 0 aliphatic carbocycles. The molecule has 3 heterocycles. The number of aromatic nitrogens is 3. The van der Waals surface area contributed by atoms with Gasteiger partial charge in [-0.3, -0.25) is 4.90 Å². The second-order valence-corrected chi connectivity index (χ2v) is 8.68. The summed E-state index contributed by atoms with van der Waals surface area (Å²) in [5.41, 5.74) is -0.419. The van der Waals surface area contributed by atoms with Crippen LogP contribution in [-0.2, 0) is 18.9 Å². The monoisotopic (exact) mass is 517 g/mol. The molecule has 2 amide bonds. The zero-order valence-corrected chi connectivity index (χ0v) is 18.6. The number of halogens is 6. The minimum atomic E-state index is -4.78. The SMILES string of the molecule is O=C(N1CCSCC1)N(Cc1ccc(-c2nnc(C(F)(F)F)o2)cc1)c1cccc(C(F)(F)F)n1. The van der Waals surface area contributed by atoms with Crippen LogP contribution in [0.3, 0.4) is 0 Å². The molecule has 0 spiro atoms. The van der Waals surface area contributed by atoms with Gasteiger partial charge in [0, 0.05) is 30.2 Å². The number of alkyl halides is 6. The van der Waals surface area contributed by atoms with Crippen molar-refractivity contribution in [1.29, 1.82) is 0 Å². The molecule has 0 saturated carbocycles. The lowest BCUT2D eigenvalue weighted by Crippen LogP contribution is -2.47. The second-order valence-electron chi connectivity index (χ2n) is 7.45. The molecule has 14 heteroatoms. The van der Waals surface area contributed by atoms with Gasteiger partial charge in [-0.25, -0.2) is 9.78 Å². The van der Waals surface area contributed by atoms with Gasteiger partial charge < -0.3 is 9.32 Å². The van der Waals surface area contributed by atoms with Crippen LogP contribution < -0.4 is 4.90 Å². The number of rotatable bonds is 4. The van der Waals surface area contributed by atoms with Crippen LogP contribution in [0.25, 0.3) is 11.5 Å². The lowest BCUT2D eigenvalue weighted by atomic mass is 10.1. The van der Waals surface area contributed by atoms with Crippen LogP contribution in [0.2, 0.25) is 0 Å². The van der Waals surface area contributed by atoms with E-state index in [-0.39, 0.29) is 23.8 Å². The summed E-state index contributed by atoms with van der Waals surface area (Å²) in [5, 5.41) is 6.36. The molecule has 0 unspecified atom stereocenters. The number of amides is 2. The number of pyridine rings is 1. The maximum atomic E-state index is 13.2. The van der Waals surface area contributed by atoms with E-state index in [1.165, 1.54) is 36.4 Å². The molecule has 4 rings (SSSR count). The Kier molecular flexibility index (Phi) is 6.92. The first kappa shape index (κ1) is 24.8. The van der Waals surface area contributed by atoms with Crippen LogP contribution in [-0.4, -0.2) is 50.7 Å². The van der Waals surface area contributed by atoms with E-state index in [0.29, 0.717) is 30.2 Å². The number of thioether (sulfide) groups is 1. The summed E-state index contributed by atoms with van der Waals surface area (Å²) in [5.74, 6) is -0.590. The van der Waals surface area contributed by atoms with Gasteiger partial charge >= 0.3 is 24.3 Å². The number of hydrogen-bond donors (Lipinski definition) is 0. The molecule has 186 valence electrons. The number of benzene rings is 1. The maximum Gasteiger partial charge on any atom is 0.470 e. The molecule has 1 aliphatic rings. The number of carbonyl (C=O) groups excluding carboxylic acids is 1. The van der Waals surface area contributed by atoms with Crippen LogP contribution >= 0.6 is 11.8 Å². The van der Waals surface area contributed by atoms with Gasteiger partial charge in [-0.1, -0.05) is 18.2 Å². The highest BCUT2D eigenvalue weighted by Gasteiger charge is 2.38. The minimum absolute atomic E-state index is 0.116. The Balaban J connectivity index is 1.61. The van der Waals surface area contributed by atoms with E-state index in [4.69, 9.17) is 0 Å². The summed E-state index contributed by atoms with van der Waals surface area (Å²) in [6.07, 6.45) is -9.47. The third-order valence-corrected chi connectivity index (χ3v) is 5.97. The molecule has 7 nitrogen and oxygen atoms in total. The third-order valence-electron chi connectivity index (χ3n) is 5.02. The Morgan fingerprint density at radius 3 is 2.26 bits per heavy atom. The standard InChI is InChI=1S/C21H17F6N5O2S/c22-20(23,24)15-2-1-3-16(28-15)32(19(33)31-8-10-35-11-9-31)12-13-4-6-14(7-5-13)17-29-30-18(34-17)21(25,26)27/h1-7H,8-12H2. The predicted octanol–water partition coefficient (Wildman–Crippen LogP) is 5.34. The van der Waals surface area contributed by atoms with E-state index in [9.17, 15) is 31.1 Å². The molecule has 1 saturated heterocycles. The summed E-state index contributed by atoms with van der Waals surface area (Å²) in [7, 11) is 0. The Hall–Kier alpha value is -3.29. The smallest absolute Gasteiger partial charge is 0.413 e. The normalized spacial score (nSPS) is 14.7. The largest absolute Gasteiger partial charge is 0.470 e. The third kappa shape index (κ3) is 5.86. The fourth-order valence-electron chi connectivity index (χ4n) is 3.29. The van der Waals surface area contributed by atoms with E-state index >= 15 is 0 Å². The second kappa shape index (κ2) is 9.76. The van der Waals surface area contributed by atoms with Crippen LogP contribution in [0.4, 0.5) is 37.0 Å². The van der Waals surface area contributed by atoms with Crippen LogP contribution in [0.15, 0.2) is 46.9 Å². The molecule has 3 aromatic rings. The molecule has 1 fully saturated rings. The molecule has 1 aliphatic heterocycles. The van der Waals surface area contributed by atoms with E-state index in [1.807, 2.05) is 0 Å². The number of hydrogen-bond acceptors (Lipinski definition) is 6. The first-order valence-electron chi connectivity index (χ1n) is 10.2. The Morgan fingerprint density at radius 2 is 1.66 bits per heavy atom. The molecular weight excluding hydrogens is 500 g/mol. The van der Waals surface area contributed by atoms with E-state index in [2.05, 4.69) is 19.6 Å². The van der Waals surface area contributed by atoms with Gasteiger partial charge in [0.25, 0.3) is 0 Å². The van der Waals surface area contributed by atoms with E-state index < -0.39 is 30.0 Å². The van der Waals surface area contributed by atoms with Gasteiger partial charge in [-0.05, 0) is 29.8 Å². The fraction of sp³-hybridized carbons (Fsp3) is 0.333. The van der Waals surface area contributed by atoms with Crippen LogP contribution in [0, 0.1) is 0 Å². The molecule has 0 N–H and O–H groups in total. The first-order valence-corrected chi connectivity index (χ1v) is 11.4. The topological polar surface area (TPSA) is 75.4 Å². The van der Waals surface area contributed by atoms with Crippen molar-refractivity contribution in [2.24, 2.45) is 0 Å². The fourth-order valence-corrected chi connectivity index (χ4v) is 4.20. The Labute approximate surface area is 199 Å². The average molecular weight is 517 g/mol. The van der Waals surface area contributed by atoms with Crippen molar-refractivity contribution < 1.29 is 35.6 Å². The van der Waals surface area contributed by atoms with Crippen LogP contribution in [0.5, 0.6) is 0 Å². The summed E-state index contributed by atoms with van der Waals surface area (Å²) >= 11 is 1.67. The Morgan fingerprint density at radius 1 is 0.971 bits per heavy atom. The van der Waals surface area contributed by atoms with Gasteiger partial charge in [-0.15, -0.1) is 10.2 Å². The van der Waals surface area contributed by atoms with Crippen molar-refractivity contribution in [3.05, 3.63) is 59.6 Å². The lowest BCUT2D eigenvalue weighted by molar-refractivity contribution is -0.157. The molecule has 1 aromatic carbocycles. The van der Waals surface area contributed by atoms with Crippen LogP contribution in [0.1, 0.15) is 17.1 Å².